The van der Waals surface area contributed by atoms with Crippen LogP contribution in [0.5, 0.6) is 0 Å². The molecule has 0 atom stereocenters. The van der Waals surface area contributed by atoms with Gasteiger partial charge in [-0.3, -0.25) is 0 Å². The molecule has 4 bridgehead atoms. The third kappa shape index (κ3) is 3.09. The third-order valence-electron chi connectivity index (χ3n) is 7.56. The predicted molar refractivity (Wildman–Crippen MR) is 101 cm³/mol. The van der Waals surface area contributed by atoms with Crippen LogP contribution in [0.4, 0.5) is 0 Å². The van der Waals surface area contributed by atoms with E-state index in [9.17, 15) is 9.59 Å². The van der Waals surface area contributed by atoms with Crippen molar-refractivity contribution in [1.29, 1.82) is 0 Å². The Hall–Kier alpha value is -1.78. The van der Waals surface area contributed by atoms with Gasteiger partial charge >= 0.3 is 11.9 Å². The van der Waals surface area contributed by atoms with Crippen molar-refractivity contribution >= 4 is 11.9 Å². The summed E-state index contributed by atoms with van der Waals surface area (Å²) in [6.45, 7) is 4.88. The van der Waals surface area contributed by atoms with Gasteiger partial charge in [0.15, 0.2) is 0 Å². The number of ether oxygens (including phenoxy) is 2. The van der Waals surface area contributed by atoms with Crippen LogP contribution in [0.15, 0.2) is 22.5 Å². The summed E-state index contributed by atoms with van der Waals surface area (Å²) < 4.78 is 10.0. The number of nitrogens with zero attached hydrogens (tertiary/aromatic N) is 1. The first kappa shape index (κ1) is 18.6. The molecule has 0 saturated heterocycles. The molecule has 4 saturated carbocycles. The molecule has 0 aromatic carbocycles. The Bertz CT molecular complexity index is 659. The molecule has 1 heterocycles. The molecular formula is C22H31NO4. The molecule has 0 aromatic heterocycles. The molecule has 1 aliphatic heterocycles. The van der Waals surface area contributed by atoms with Gasteiger partial charge in [-0.15, -0.1) is 0 Å². The standard InChI is InChI=1S/C22H31NO4/c1-13-18(20(24)26-3)8-19(21(25)27-4)14(2)23(13)12-22-9-15-5-16(10-22)7-17(6-15)11-22/h15-17H,5-12H2,1-4H3. The number of hydrogen-bond acceptors (Lipinski definition) is 5. The summed E-state index contributed by atoms with van der Waals surface area (Å²) in [6, 6.07) is 0. The Morgan fingerprint density at radius 3 is 1.67 bits per heavy atom. The van der Waals surface area contributed by atoms with Gasteiger partial charge in [0.25, 0.3) is 0 Å². The van der Waals surface area contributed by atoms with Gasteiger partial charge in [0, 0.05) is 24.4 Å². The van der Waals surface area contributed by atoms with E-state index in [2.05, 4.69) is 4.90 Å². The second-order valence-electron chi connectivity index (χ2n) is 9.29. The van der Waals surface area contributed by atoms with Crippen molar-refractivity contribution in [3.05, 3.63) is 22.5 Å². The molecule has 5 heteroatoms. The topological polar surface area (TPSA) is 55.8 Å². The molecule has 0 unspecified atom stereocenters. The highest BCUT2D eigenvalue weighted by atomic mass is 16.5. The van der Waals surface area contributed by atoms with Crippen molar-refractivity contribution in [2.45, 2.75) is 58.8 Å². The maximum atomic E-state index is 12.4. The lowest BCUT2D eigenvalue weighted by atomic mass is 9.49. The largest absolute Gasteiger partial charge is 0.466 e. The summed E-state index contributed by atoms with van der Waals surface area (Å²) in [6.07, 6.45) is 8.37. The first-order chi connectivity index (χ1) is 12.9. The average molecular weight is 373 g/mol. The summed E-state index contributed by atoms with van der Waals surface area (Å²) >= 11 is 0. The summed E-state index contributed by atoms with van der Waals surface area (Å²) in [5, 5.41) is 0. The Morgan fingerprint density at radius 1 is 0.889 bits per heavy atom. The Morgan fingerprint density at radius 2 is 1.30 bits per heavy atom. The van der Waals surface area contributed by atoms with Gasteiger partial charge in [-0.05, 0) is 75.5 Å². The van der Waals surface area contributed by atoms with E-state index in [0.717, 1.165) is 35.7 Å². The zero-order chi connectivity index (χ0) is 19.3. The molecule has 27 heavy (non-hydrogen) atoms. The van der Waals surface area contributed by atoms with E-state index in [1.165, 1.54) is 52.7 Å². The fourth-order valence-electron chi connectivity index (χ4n) is 6.75. The number of carbonyl (C=O) groups excluding carboxylic acids is 2. The van der Waals surface area contributed by atoms with Crippen LogP contribution >= 0.6 is 0 Å². The fraction of sp³-hybridized carbons (Fsp3) is 0.727. The van der Waals surface area contributed by atoms with Gasteiger partial charge in [-0.25, -0.2) is 9.59 Å². The molecule has 0 radical (unpaired) electrons. The van der Waals surface area contributed by atoms with Gasteiger partial charge in [0.05, 0.1) is 25.4 Å². The molecule has 5 rings (SSSR count). The summed E-state index contributed by atoms with van der Waals surface area (Å²) in [5.74, 6) is 1.91. The van der Waals surface area contributed by atoms with Crippen LogP contribution < -0.4 is 0 Å². The monoisotopic (exact) mass is 373 g/mol. The van der Waals surface area contributed by atoms with Crippen molar-refractivity contribution in [2.24, 2.45) is 23.2 Å². The van der Waals surface area contributed by atoms with Crippen LogP contribution in [0, 0.1) is 23.2 Å². The highest BCUT2D eigenvalue weighted by Crippen LogP contribution is 2.60. The SMILES string of the molecule is COC(=O)C1=C(C)N(CC23CC4CC(CC(C4)C2)C3)C(C)=C(C(=O)OC)C1. The molecule has 0 aromatic rings. The second-order valence-corrected chi connectivity index (χ2v) is 9.29. The quantitative estimate of drug-likeness (QED) is 0.702. The minimum absolute atomic E-state index is 0.286. The highest BCUT2D eigenvalue weighted by molar-refractivity contribution is 5.96. The fourth-order valence-corrected chi connectivity index (χ4v) is 6.75. The lowest BCUT2D eigenvalue weighted by molar-refractivity contribution is -0.137. The summed E-state index contributed by atoms with van der Waals surface area (Å²) in [4.78, 5) is 27.0. The van der Waals surface area contributed by atoms with Gasteiger partial charge in [0.1, 0.15) is 0 Å². The van der Waals surface area contributed by atoms with E-state index in [-0.39, 0.29) is 18.4 Å². The molecule has 148 valence electrons. The number of carbonyl (C=O) groups is 2. The van der Waals surface area contributed by atoms with Gasteiger partial charge in [-0.2, -0.15) is 0 Å². The smallest absolute Gasteiger partial charge is 0.335 e. The maximum Gasteiger partial charge on any atom is 0.335 e. The van der Waals surface area contributed by atoms with Crippen molar-refractivity contribution in [2.75, 3.05) is 20.8 Å². The number of rotatable bonds is 4. The number of allylic oxidation sites excluding steroid dienone is 2. The summed E-state index contributed by atoms with van der Waals surface area (Å²) in [7, 11) is 2.80. The van der Waals surface area contributed by atoms with Crippen LogP contribution in [0.25, 0.3) is 0 Å². The molecule has 5 nitrogen and oxygen atoms in total. The molecular weight excluding hydrogens is 342 g/mol. The molecule has 0 N–H and O–H groups in total. The van der Waals surface area contributed by atoms with Gasteiger partial charge in [-0.1, -0.05) is 0 Å². The van der Waals surface area contributed by atoms with E-state index >= 15 is 0 Å². The molecule has 0 amide bonds. The third-order valence-corrected chi connectivity index (χ3v) is 7.56. The number of hydrogen-bond donors (Lipinski definition) is 0. The van der Waals surface area contributed by atoms with E-state index in [1.54, 1.807) is 0 Å². The van der Waals surface area contributed by atoms with E-state index in [0.29, 0.717) is 16.6 Å². The number of esters is 2. The Balaban J connectivity index is 1.68. The molecule has 5 aliphatic rings. The van der Waals surface area contributed by atoms with Crippen molar-refractivity contribution in [3.63, 3.8) is 0 Å². The van der Waals surface area contributed by atoms with Crippen LogP contribution in [0.2, 0.25) is 0 Å². The molecule has 4 fully saturated rings. The number of methoxy groups -OCH3 is 2. The zero-order valence-electron chi connectivity index (χ0n) is 17.0. The van der Waals surface area contributed by atoms with E-state index < -0.39 is 0 Å². The van der Waals surface area contributed by atoms with Crippen LogP contribution in [-0.4, -0.2) is 37.6 Å². The van der Waals surface area contributed by atoms with Crippen LogP contribution in [-0.2, 0) is 19.1 Å². The van der Waals surface area contributed by atoms with Gasteiger partial charge in [0.2, 0.25) is 0 Å². The normalized spacial score (nSPS) is 35.0. The maximum absolute atomic E-state index is 12.4. The minimum atomic E-state index is -0.350. The predicted octanol–water partition coefficient (Wildman–Crippen LogP) is 3.80. The van der Waals surface area contributed by atoms with Crippen LogP contribution in [0.3, 0.4) is 0 Å². The Kier molecular flexibility index (Phi) is 4.59. The zero-order valence-corrected chi connectivity index (χ0v) is 17.0. The van der Waals surface area contributed by atoms with Crippen molar-refractivity contribution in [3.8, 4) is 0 Å². The minimum Gasteiger partial charge on any atom is -0.466 e. The van der Waals surface area contributed by atoms with Gasteiger partial charge < -0.3 is 14.4 Å². The van der Waals surface area contributed by atoms with Crippen molar-refractivity contribution < 1.29 is 19.1 Å². The van der Waals surface area contributed by atoms with E-state index in [4.69, 9.17) is 9.47 Å². The average Bonchev–Trinajstić information content (AvgIpc) is 2.63. The Labute approximate surface area is 161 Å². The lowest BCUT2D eigenvalue weighted by Crippen LogP contribution is -2.51. The highest BCUT2D eigenvalue weighted by Gasteiger charge is 2.52. The summed E-state index contributed by atoms with van der Waals surface area (Å²) in [5.41, 5.74) is 3.34. The first-order valence-corrected chi connectivity index (χ1v) is 10.2. The van der Waals surface area contributed by atoms with Crippen LogP contribution in [0.1, 0.15) is 58.8 Å². The first-order valence-electron chi connectivity index (χ1n) is 10.2. The molecule has 4 aliphatic carbocycles. The second kappa shape index (κ2) is 6.68. The van der Waals surface area contributed by atoms with E-state index in [1.807, 2.05) is 13.8 Å². The lowest BCUT2D eigenvalue weighted by Gasteiger charge is -2.58. The van der Waals surface area contributed by atoms with Crippen molar-refractivity contribution in [1.82, 2.24) is 4.90 Å². The molecule has 0 spiro atoms.